The molecule has 4 atom stereocenters. The molecule has 0 spiro atoms. The van der Waals surface area contributed by atoms with E-state index in [-0.39, 0.29) is 23.2 Å². The largest absolute Gasteiger partial charge is 0.393 e. The molecular weight excluding hydrogens is 300 g/mol. The van der Waals surface area contributed by atoms with Crippen molar-refractivity contribution in [3.05, 3.63) is 0 Å². The highest BCUT2D eigenvalue weighted by Gasteiger charge is 2.48. The average Bonchev–Trinajstić information content (AvgIpc) is 2.46. The Labute approximate surface area is 149 Å². The first-order valence-corrected chi connectivity index (χ1v) is 9.95. The SMILES string of the molecule is CCCC1COC(C2CC(C(C)(C)C)C(O)[C@@H](C(C)(C)C)C2)OC1. The van der Waals surface area contributed by atoms with Crippen molar-refractivity contribution in [2.24, 2.45) is 34.5 Å². The van der Waals surface area contributed by atoms with Crippen LogP contribution in [-0.2, 0) is 9.47 Å². The third kappa shape index (κ3) is 4.74. The van der Waals surface area contributed by atoms with Crippen molar-refractivity contribution in [3.63, 3.8) is 0 Å². The maximum absolute atomic E-state index is 11.0. The van der Waals surface area contributed by atoms with Gasteiger partial charge in [-0.1, -0.05) is 54.9 Å². The smallest absolute Gasteiger partial charge is 0.160 e. The summed E-state index contributed by atoms with van der Waals surface area (Å²) in [6.45, 7) is 17.4. The van der Waals surface area contributed by atoms with E-state index in [1.54, 1.807) is 0 Å². The lowest BCUT2D eigenvalue weighted by Crippen LogP contribution is -2.51. The Hall–Kier alpha value is -0.120. The molecule has 2 fully saturated rings. The summed E-state index contributed by atoms with van der Waals surface area (Å²) in [5.74, 6) is 1.53. The van der Waals surface area contributed by atoms with E-state index in [2.05, 4.69) is 48.5 Å². The van der Waals surface area contributed by atoms with Crippen LogP contribution in [0.4, 0.5) is 0 Å². The zero-order valence-electron chi connectivity index (χ0n) is 17.0. The zero-order valence-corrected chi connectivity index (χ0v) is 17.0. The maximum Gasteiger partial charge on any atom is 0.160 e. The first-order valence-electron chi connectivity index (χ1n) is 9.95. The van der Waals surface area contributed by atoms with Crippen LogP contribution >= 0.6 is 0 Å². The average molecular weight is 341 g/mol. The van der Waals surface area contributed by atoms with E-state index in [1.165, 1.54) is 12.8 Å². The third-order valence-electron chi connectivity index (χ3n) is 6.24. The number of ether oxygens (including phenoxy) is 2. The lowest BCUT2D eigenvalue weighted by atomic mass is 9.58. The Morgan fingerprint density at radius 3 is 1.71 bits per heavy atom. The van der Waals surface area contributed by atoms with Gasteiger partial charge in [-0.2, -0.15) is 0 Å². The number of hydrogen-bond acceptors (Lipinski definition) is 3. The van der Waals surface area contributed by atoms with Crippen molar-refractivity contribution in [2.45, 2.75) is 86.5 Å². The molecule has 1 N–H and O–H groups in total. The van der Waals surface area contributed by atoms with E-state index in [9.17, 15) is 5.11 Å². The van der Waals surface area contributed by atoms with Crippen molar-refractivity contribution >= 4 is 0 Å². The number of aliphatic hydroxyl groups excluding tert-OH is 1. The van der Waals surface area contributed by atoms with Gasteiger partial charge in [0.15, 0.2) is 6.29 Å². The summed E-state index contributed by atoms with van der Waals surface area (Å²) in [4.78, 5) is 0. The van der Waals surface area contributed by atoms with Gasteiger partial charge in [0.25, 0.3) is 0 Å². The van der Waals surface area contributed by atoms with Crippen LogP contribution < -0.4 is 0 Å². The highest BCUT2D eigenvalue weighted by atomic mass is 16.7. The minimum atomic E-state index is -0.238. The van der Waals surface area contributed by atoms with E-state index in [1.807, 2.05) is 0 Å². The van der Waals surface area contributed by atoms with E-state index >= 15 is 0 Å². The molecule has 3 nitrogen and oxygen atoms in total. The van der Waals surface area contributed by atoms with E-state index < -0.39 is 0 Å². The molecule has 1 aliphatic carbocycles. The molecule has 0 radical (unpaired) electrons. The number of hydrogen-bond donors (Lipinski definition) is 1. The fourth-order valence-electron chi connectivity index (χ4n) is 4.67. The zero-order chi connectivity index (χ0) is 18.1. The molecule has 2 aliphatic rings. The molecule has 0 bridgehead atoms. The Kier molecular flexibility index (Phi) is 6.42. The highest BCUT2D eigenvalue weighted by molar-refractivity contribution is 4.96. The van der Waals surface area contributed by atoms with Crippen LogP contribution in [0.2, 0.25) is 0 Å². The summed E-state index contributed by atoms with van der Waals surface area (Å²) < 4.78 is 12.3. The van der Waals surface area contributed by atoms with Crippen molar-refractivity contribution in [1.82, 2.24) is 0 Å². The second-order valence-corrected chi connectivity index (χ2v) is 10.4. The van der Waals surface area contributed by atoms with Crippen molar-refractivity contribution in [2.75, 3.05) is 13.2 Å². The normalized spacial score (nSPS) is 39.0. The van der Waals surface area contributed by atoms with Gasteiger partial charge >= 0.3 is 0 Å². The van der Waals surface area contributed by atoms with Crippen LogP contribution in [-0.4, -0.2) is 30.7 Å². The molecule has 0 amide bonds. The summed E-state index contributed by atoms with van der Waals surface area (Å²) in [6, 6.07) is 0. The number of rotatable bonds is 3. The minimum Gasteiger partial charge on any atom is -0.393 e. The van der Waals surface area contributed by atoms with Gasteiger partial charge in [0, 0.05) is 11.8 Å². The molecule has 1 saturated carbocycles. The fourth-order valence-corrected chi connectivity index (χ4v) is 4.67. The molecule has 1 saturated heterocycles. The van der Waals surface area contributed by atoms with Crippen molar-refractivity contribution < 1.29 is 14.6 Å². The number of aliphatic hydroxyl groups is 1. The van der Waals surface area contributed by atoms with Gasteiger partial charge in [-0.3, -0.25) is 0 Å². The van der Waals surface area contributed by atoms with Crippen molar-refractivity contribution in [1.29, 1.82) is 0 Å². The molecular formula is C21H40O3. The summed E-state index contributed by atoms with van der Waals surface area (Å²) in [5, 5.41) is 11.0. The van der Waals surface area contributed by atoms with Crippen LogP contribution in [0, 0.1) is 34.5 Å². The van der Waals surface area contributed by atoms with Gasteiger partial charge in [0.2, 0.25) is 0 Å². The Balaban J connectivity index is 2.10. The maximum atomic E-state index is 11.0. The van der Waals surface area contributed by atoms with Gasteiger partial charge in [0.1, 0.15) is 0 Å². The van der Waals surface area contributed by atoms with Crippen LogP contribution in [0.3, 0.4) is 0 Å². The van der Waals surface area contributed by atoms with E-state index in [0.29, 0.717) is 23.7 Å². The summed E-state index contributed by atoms with van der Waals surface area (Å²) >= 11 is 0. The second-order valence-electron chi connectivity index (χ2n) is 10.4. The third-order valence-corrected chi connectivity index (χ3v) is 6.24. The van der Waals surface area contributed by atoms with Gasteiger partial charge in [-0.25, -0.2) is 0 Å². The van der Waals surface area contributed by atoms with E-state index in [0.717, 1.165) is 26.1 Å². The summed E-state index contributed by atoms with van der Waals surface area (Å²) in [6.07, 6.45) is 4.06. The Morgan fingerprint density at radius 2 is 1.33 bits per heavy atom. The van der Waals surface area contributed by atoms with E-state index in [4.69, 9.17) is 9.47 Å². The van der Waals surface area contributed by atoms with Crippen molar-refractivity contribution in [3.8, 4) is 0 Å². The Bertz CT molecular complexity index is 361. The first-order chi connectivity index (χ1) is 11.0. The molecule has 0 aromatic heterocycles. The standard InChI is InChI=1S/C21H40O3/c1-8-9-14-12-23-19(24-13-14)15-10-16(20(2,3)4)18(22)17(11-15)21(5,6)7/h14-19,22H,8-13H2,1-7H3/t14?,15?,16-,17?,18?,19?/m0/s1. The molecule has 3 heteroatoms. The van der Waals surface area contributed by atoms with Crippen LogP contribution in [0.1, 0.15) is 74.1 Å². The minimum absolute atomic E-state index is 0.0830. The fraction of sp³-hybridized carbons (Fsp3) is 1.00. The molecule has 24 heavy (non-hydrogen) atoms. The lowest BCUT2D eigenvalue weighted by molar-refractivity contribution is -0.243. The predicted molar refractivity (Wildman–Crippen MR) is 98.7 cm³/mol. The molecule has 0 aromatic rings. The Morgan fingerprint density at radius 1 is 0.875 bits per heavy atom. The monoisotopic (exact) mass is 340 g/mol. The quantitative estimate of drug-likeness (QED) is 0.796. The molecule has 1 heterocycles. The highest BCUT2D eigenvalue weighted by Crippen LogP contribution is 2.49. The lowest BCUT2D eigenvalue weighted by Gasteiger charge is -2.51. The predicted octanol–water partition coefficient (Wildman–Crippen LogP) is 4.87. The molecule has 0 aromatic carbocycles. The first kappa shape index (κ1) is 20.2. The van der Waals surface area contributed by atoms with Gasteiger partial charge < -0.3 is 14.6 Å². The van der Waals surface area contributed by atoms with Crippen LogP contribution in [0.15, 0.2) is 0 Å². The van der Waals surface area contributed by atoms with Crippen LogP contribution in [0.25, 0.3) is 0 Å². The summed E-state index contributed by atoms with van der Waals surface area (Å²) in [7, 11) is 0. The van der Waals surface area contributed by atoms with Gasteiger partial charge in [-0.15, -0.1) is 0 Å². The van der Waals surface area contributed by atoms with Crippen LogP contribution in [0.5, 0.6) is 0 Å². The molecule has 2 rings (SSSR count). The topological polar surface area (TPSA) is 38.7 Å². The molecule has 142 valence electrons. The molecule has 1 aliphatic heterocycles. The van der Waals surface area contributed by atoms with Gasteiger partial charge in [-0.05, 0) is 41.9 Å². The second kappa shape index (κ2) is 7.63. The van der Waals surface area contributed by atoms with Gasteiger partial charge in [0.05, 0.1) is 19.3 Å². The molecule has 3 unspecified atom stereocenters. The summed E-state index contributed by atoms with van der Waals surface area (Å²) in [5.41, 5.74) is 0.196.